The largest absolute Gasteiger partial charge is 0.373 e. The predicted molar refractivity (Wildman–Crippen MR) is 60.9 cm³/mol. The average molecular weight is 217 g/mol. The molecule has 0 aromatic carbocycles. The van der Waals surface area contributed by atoms with Gasteiger partial charge in [-0.15, -0.1) is 0 Å². The van der Waals surface area contributed by atoms with Gasteiger partial charge in [-0.05, 0) is 12.8 Å². The summed E-state index contributed by atoms with van der Waals surface area (Å²) < 4.78 is 17.2. The summed E-state index contributed by atoms with van der Waals surface area (Å²) in [5.41, 5.74) is 0. The molecule has 1 aliphatic rings. The molecule has 0 atom stereocenters. The van der Waals surface area contributed by atoms with Crippen LogP contribution in [0, 0.1) is 0 Å². The first-order valence-corrected chi connectivity index (χ1v) is 6.23. The van der Waals surface area contributed by atoms with E-state index in [1.54, 1.807) is 0 Å². The molecular formula is C12H24FNO. The molecule has 3 heteroatoms. The van der Waals surface area contributed by atoms with E-state index in [2.05, 4.69) is 18.7 Å². The monoisotopic (exact) mass is 217 g/mol. The number of rotatable bonds is 8. The van der Waals surface area contributed by atoms with Crippen molar-refractivity contribution in [3.8, 4) is 0 Å². The molecular weight excluding hydrogens is 193 g/mol. The summed E-state index contributed by atoms with van der Waals surface area (Å²) in [6.45, 7) is 6.39. The van der Waals surface area contributed by atoms with Crippen LogP contribution in [0.5, 0.6) is 0 Å². The van der Waals surface area contributed by atoms with Crippen LogP contribution in [0.2, 0.25) is 0 Å². The third-order valence-corrected chi connectivity index (χ3v) is 3.07. The quantitative estimate of drug-likeness (QED) is 0.619. The van der Waals surface area contributed by atoms with Crippen molar-refractivity contribution in [3.63, 3.8) is 0 Å². The Hall–Kier alpha value is -0.150. The highest BCUT2D eigenvalue weighted by molar-refractivity contribution is 4.86. The molecule has 0 spiro atoms. The minimum atomic E-state index is -0.357. The van der Waals surface area contributed by atoms with Crippen LogP contribution in [0.3, 0.4) is 0 Å². The van der Waals surface area contributed by atoms with Gasteiger partial charge in [0.05, 0.1) is 12.7 Å². The van der Waals surface area contributed by atoms with Crippen LogP contribution in [0.4, 0.5) is 4.39 Å². The first kappa shape index (κ1) is 12.9. The van der Waals surface area contributed by atoms with Crippen molar-refractivity contribution in [2.75, 3.05) is 26.4 Å². The number of likely N-dealkylation sites (tertiary alicyclic amines) is 1. The molecule has 1 rings (SSSR count). The van der Waals surface area contributed by atoms with Crippen molar-refractivity contribution in [3.05, 3.63) is 0 Å². The second-order valence-corrected chi connectivity index (χ2v) is 4.37. The lowest BCUT2D eigenvalue weighted by Gasteiger charge is -2.44. The number of halogens is 1. The molecule has 0 radical (unpaired) electrons. The highest BCUT2D eigenvalue weighted by Gasteiger charge is 2.31. The lowest BCUT2D eigenvalue weighted by atomic mass is 10.00. The third-order valence-electron chi connectivity index (χ3n) is 3.07. The SMILES string of the molecule is CCCC(CCC)N1CC(OCCF)C1. The van der Waals surface area contributed by atoms with E-state index < -0.39 is 0 Å². The van der Waals surface area contributed by atoms with E-state index >= 15 is 0 Å². The highest BCUT2D eigenvalue weighted by atomic mass is 19.1. The van der Waals surface area contributed by atoms with Gasteiger partial charge in [0, 0.05) is 19.1 Å². The van der Waals surface area contributed by atoms with Crippen LogP contribution in [0.25, 0.3) is 0 Å². The van der Waals surface area contributed by atoms with E-state index in [1.165, 1.54) is 25.7 Å². The Balaban J connectivity index is 2.16. The van der Waals surface area contributed by atoms with E-state index in [4.69, 9.17) is 4.74 Å². The zero-order valence-corrected chi connectivity index (χ0v) is 10.0. The fourth-order valence-corrected chi connectivity index (χ4v) is 2.26. The molecule has 0 aromatic heterocycles. The van der Waals surface area contributed by atoms with E-state index in [0.717, 1.165) is 19.1 Å². The van der Waals surface area contributed by atoms with Crippen LogP contribution >= 0.6 is 0 Å². The number of hydrogen-bond donors (Lipinski definition) is 0. The van der Waals surface area contributed by atoms with Crippen LogP contribution in [-0.4, -0.2) is 43.4 Å². The fourth-order valence-electron chi connectivity index (χ4n) is 2.26. The summed E-state index contributed by atoms with van der Waals surface area (Å²) in [7, 11) is 0. The summed E-state index contributed by atoms with van der Waals surface area (Å²) in [6, 6.07) is 0.727. The Bertz CT molecular complexity index is 154. The van der Waals surface area contributed by atoms with Crippen molar-refractivity contribution in [1.82, 2.24) is 4.90 Å². The minimum absolute atomic E-state index is 0.269. The van der Waals surface area contributed by atoms with Gasteiger partial charge < -0.3 is 4.74 Å². The van der Waals surface area contributed by atoms with E-state index in [-0.39, 0.29) is 19.4 Å². The van der Waals surface area contributed by atoms with Crippen molar-refractivity contribution in [1.29, 1.82) is 0 Å². The lowest BCUT2D eigenvalue weighted by molar-refractivity contribution is -0.0769. The molecule has 0 N–H and O–H groups in total. The van der Waals surface area contributed by atoms with Crippen LogP contribution in [0.15, 0.2) is 0 Å². The van der Waals surface area contributed by atoms with Gasteiger partial charge >= 0.3 is 0 Å². The van der Waals surface area contributed by atoms with E-state index in [1.807, 2.05) is 0 Å². The van der Waals surface area contributed by atoms with Gasteiger partial charge in [0.15, 0.2) is 0 Å². The van der Waals surface area contributed by atoms with Gasteiger partial charge in [-0.25, -0.2) is 4.39 Å². The maximum atomic E-state index is 11.9. The molecule has 0 aliphatic carbocycles. The number of ether oxygens (including phenoxy) is 1. The molecule has 0 bridgehead atoms. The molecule has 90 valence electrons. The standard InChI is InChI=1S/C12H24FNO/c1-3-5-11(6-4-2)14-9-12(10-14)15-8-7-13/h11-12H,3-10H2,1-2H3. The summed E-state index contributed by atoms with van der Waals surface area (Å²) in [4.78, 5) is 2.48. The molecule has 0 aromatic rings. The van der Waals surface area contributed by atoms with Crippen molar-refractivity contribution < 1.29 is 9.13 Å². The van der Waals surface area contributed by atoms with Crippen LogP contribution in [-0.2, 0) is 4.74 Å². The normalized spacial score (nSPS) is 18.4. The third kappa shape index (κ3) is 4.07. The second-order valence-electron chi connectivity index (χ2n) is 4.37. The highest BCUT2D eigenvalue weighted by Crippen LogP contribution is 2.21. The average Bonchev–Trinajstić information content (AvgIpc) is 2.16. The molecule has 0 amide bonds. The molecule has 1 fully saturated rings. The van der Waals surface area contributed by atoms with E-state index in [0.29, 0.717) is 0 Å². The maximum Gasteiger partial charge on any atom is 0.113 e. The minimum Gasteiger partial charge on any atom is -0.373 e. The predicted octanol–water partition coefficient (Wildman–Crippen LogP) is 2.63. The van der Waals surface area contributed by atoms with Crippen LogP contribution in [0.1, 0.15) is 39.5 Å². The Morgan fingerprint density at radius 2 is 1.87 bits per heavy atom. The van der Waals surface area contributed by atoms with Gasteiger partial charge in [0.25, 0.3) is 0 Å². The van der Waals surface area contributed by atoms with Crippen LogP contribution < -0.4 is 0 Å². The van der Waals surface area contributed by atoms with Gasteiger partial charge in [-0.1, -0.05) is 26.7 Å². The zero-order valence-electron chi connectivity index (χ0n) is 10.0. The summed E-state index contributed by atoms with van der Waals surface area (Å²) in [5, 5.41) is 0. The topological polar surface area (TPSA) is 12.5 Å². The van der Waals surface area contributed by atoms with Crippen molar-refractivity contribution >= 4 is 0 Å². The Morgan fingerprint density at radius 1 is 1.27 bits per heavy atom. The molecule has 1 aliphatic heterocycles. The molecule has 2 nitrogen and oxygen atoms in total. The lowest BCUT2D eigenvalue weighted by Crippen LogP contribution is -2.56. The first-order valence-electron chi connectivity index (χ1n) is 6.23. The van der Waals surface area contributed by atoms with Gasteiger partial charge in [-0.3, -0.25) is 4.90 Å². The Labute approximate surface area is 92.8 Å². The molecule has 1 heterocycles. The van der Waals surface area contributed by atoms with Gasteiger partial charge in [0.1, 0.15) is 6.67 Å². The summed E-state index contributed by atoms with van der Waals surface area (Å²) in [6.07, 6.45) is 5.35. The summed E-state index contributed by atoms with van der Waals surface area (Å²) >= 11 is 0. The number of alkyl halides is 1. The Morgan fingerprint density at radius 3 is 2.33 bits per heavy atom. The molecule has 0 unspecified atom stereocenters. The van der Waals surface area contributed by atoms with Gasteiger partial charge in [-0.2, -0.15) is 0 Å². The van der Waals surface area contributed by atoms with Crippen molar-refractivity contribution in [2.45, 2.75) is 51.7 Å². The number of nitrogens with zero attached hydrogens (tertiary/aromatic N) is 1. The fraction of sp³-hybridized carbons (Fsp3) is 1.00. The molecule has 15 heavy (non-hydrogen) atoms. The molecule has 0 saturated carbocycles. The maximum absolute atomic E-state index is 11.9. The first-order chi connectivity index (χ1) is 7.31. The summed E-state index contributed by atoms with van der Waals surface area (Å²) in [5.74, 6) is 0. The molecule has 1 saturated heterocycles. The van der Waals surface area contributed by atoms with Gasteiger partial charge in [0.2, 0.25) is 0 Å². The number of hydrogen-bond acceptors (Lipinski definition) is 2. The van der Waals surface area contributed by atoms with Crippen molar-refractivity contribution in [2.24, 2.45) is 0 Å². The second kappa shape index (κ2) is 7.18. The van der Waals surface area contributed by atoms with E-state index in [9.17, 15) is 4.39 Å². The zero-order chi connectivity index (χ0) is 11.1. The smallest absolute Gasteiger partial charge is 0.113 e. The Kier molecular flexibility index (Phi) is 6.18.